The molecule has 3 aromatic rings. The van der Waals surface area contributed by atoms with Crippen molar-refractivity contribution in [1.82, 2.24) is 20.3 Å². The summed E-state index contributed by atoms with van der Waals surface area (Å²) in [5.41, 5.74) is 5.69. The highest BCUT2D eigenvalue weighted by Crippen LogP contribution is 2.17. The summed E-state index contributed by atoms with van der Waals surface area (Å²) in [6, 6.07) is 13.8. The van der Waals surface area contributed by atoms with Crippen LogP contribution in [-0.2, 0) is 17.9 Å². The van der Waals surface area contributed by atoms with Crippen molar-refractivity contribution in [3.8, 4) is 0 Å². The van der Waals surface area contributed by atoms with E-state index in [1.807, 2.05) is 63.2 Å². The van der Waals surface area contributed by atoms with E-state index in [1.54, 1.807) is 6.92 Å². The molecule has 0 unspecified atom stereocenters. The molecule has 0 bridgehead atoms. The Hall–Kier alpha value is -3.48. The number of carbonyl (C=O) groups excluding carboxylic acids is 2. The van der Waals surface area contributed by atoms with E-state index in [-0.39, 0.29) is 24.1 Å². The molecule has 29 heavy (non-hydrogen) atoms. The van der Waals surface area contributed by atoms with Gasteiger partial charge in [-0.05, 0) is 50.5 Å². The highest BCUT2D eigenvalue weighted by molar-refractivity contribution is 6.04. The zero-order valence-electron chi connectivity index (χ0n) is 17.1. The van der Waals surface area contributed by atoms with Gasteiger partial charge < -0.3 is 10.6 Å². The zero-order chi connectivity index (χ0) is 21.0. The molecule has 0 saturated heterocycles. The topological polar surface area (TPSA) is 88.9 Å². The van der Waals surface area contributed by atoms with Gasteiger partial charge in [0.1, 0.15) is 6.54 Å². The molecule has 1 heterocycles. The lowest BCUT2D eigenvalue weighted by Gasteiger charge is -2.09. The molecule has 7 heteroatoms. The lowest BCUT2D eigenvalue weighted by molar-refractivity contribution is -0.122. The summed E-state index contributed by atoms with van der Waals surface area (Å²) in [5.74, 6) is -0.539. The predicted octanol–water partition coefficient (Wildman–Crippen LogP) is 3.08. The quantitative estimate of drug-likeness (QED) is 0.676. The molecule has 0 atom stereocenters. The number of carbonyl (C=O) groups is 2. The van der Waals surface area contributed by atoms with Crippen LogP contribution in [0.3, 0.4) is 0 Å². The highest BCUT2D eigenvalue weighted by atomic mass is 16.2. The molecule has 0 spiro atoms. The van der Waals surface area contributed by atoms with Crippen molar-refractivity contribution < 1.29 is 9.59 Å². The SMILES string of the molecule is Cc1ccc(CNC(=O)Cn2nnc(C(=O)Nc3cc(C)ccc3C)c2C)cc1. The first kappa shape index (κ1) is 20.3. The summed E-state index contributed by atoms with van der Waals surface area (Å²) in [5, 5.41) is 13.7. The van der Waals surface area contributed by atoms with Gasteiger partial charge in [-0.2, -0.15) is 0 Å². The van der Waals surface area contributed by atoms with Gasteiger partial charge in [0, 0.05) is 12.2 Å². The predicted molar refractivity (Wildman–Crippen MR) is 112 cm³/mol. The van der Waals surface area contributed by atoms with E-state index in [0.29, 0.717) is 12.2 Å². The molecule has 7 nitrogen and oxygen atoms in total. The summed E-state index contributed by atoms with van der Waals surface area (Å²) >= 11 is 0. The minimum Gasteiger partial charge on any atom is -0.350 e. The van der Waals surface area contributed by atoms with Crippen LogP contribution in [0.15, 0.2) is 42.5 Å². The minimum absolute atomic E-state index is 0.00144. The maximum atomic E-state index is 12.6. The number of amides is 2. The maximum absolute atomic E-state index is 12.6. The standard InChI is InChI=1S/C22H25N5O2/c1-14-6-9-18(10-7-14)12-23-20(28)13-27-17(4)21(25-26-27)22(29)24-19-11-15(2)5-8-16(19)3/h5-11H,12-13H2,1-4H3,(H,23,28)(H,24,29). The number of anilines is 1. The number of aromatic nitrogens is 3. The van der Waals surface area contributed by atoms with Gasteiger partial charge in [-0.25, -0.2) is 4.68 Å². The molecule has 2 N–H and O–H groups in total. The van der Waals surface area contributed by atoms with Crippen molar-refractivity contribution in [3.63, 3.8) is 0 Å². The summed E-state index contributed by atoms with van der Waals surface area (Å²) in [6.45, 7) is 8.08. The van der Waals surface area contributed by atoms with Crippen molar-refractivity contribution in [1.29, 1.82) is 0 Å². The van der Waals surface area contributed by atoms with Gasteiger partial charge >= 0.3 is 0 Å². The van der Waals surface area contributed by atoms with E-state index in [0.717, 1.165) is 22.4 Å². The van der Waals surface area contributed by atoms with Crippen LogP contribution in [0.5, 0.6) is 0 Å². The number of nitrogens with one attached hydrogen (secondary N) is 2. The second-order valence-electron chi connectivity index (χ2n) is 7.22. The van der Waals surface area contributed by atoms with E-state index in [2.05, 4.69) is 20.9 Å². The molecule has 0 aliphatic carbocycles. The zero-order valence-corrected chi connectivity index (χ0v) is 17.1. The Morgan fingerprint density at radius 1 is 0.966 bits per heavy atom. The first-order valence-corrected chi connectivity index (χ1v) is 9.44. The molecule has 0 aliphatic rings. The van der Waals surface area contributed by atoms with E-state index in [9.17, 15) is 9.59 Å². The molecule has 0 radical (unpaired) electrons. The van der Waals surface area contributed by atoms with Gasteiger partial charge in [0.05, 0.1) is 5.69 Å². The van der Waals surface area contributed by atoms with Crippen LogP contribution in [0.25, 0.3) is 0 Å². The average Bonchev–Trinajstić information content (AvgIpc) is 3.04. The van der Waals surface area contributed by atoms with Gasteiger partial charge in [0.15, 0.2) is 5.69 Å². The highest BCUT2D eigenvalue weighted by Gasteiger charge is 2.18. The number of hydrogen-bond donors (Lipinski definition) is 2. The fraction of sp³-hybridized carbons (Fsp3) is 0.273. The summed E-state index contributed by atoms with van der Waals surface area (Å²) in [4.78, 5) is 24.9. The van der Waals surface area contributed by atoms with E-state index in [4.69, 9.17) is 0 Å². The van der Waals surface area contributed by atoms with Crippen LogP contribution in [-0.4, -0.2) is 26.8 Å². The Morgan fingerprint density at radius 2 is 1.66 bits per heavy atom. The van der Waals surface area contributed by atoms with Crippen LogP contribution >= 0.6 is 0 Å². The van der Waals surface area contributed by atoms with Gasteiger partial charge in [0.25, 0.3) is 5.91 Å². The molecular formula is C22H25N5O2. The molecule has 1 aromatic heterocycles. The lowest BCUT2D eigenvalue weighted by Crippen LogP contribution is -2.28. The third-order valence-corrected chi connectivity index (χ3v) is 4.74. The fourth-order valence-corrected chi connectivity index (χ4v) is 2.87. The van der Waals surface area contributed by atoms with E-state index >= 15 is 0 Å². The normalized spacial score (nSPS) is 10.6. The monoisotopic (exact) mass is 391 g/mol. The summed E-state index contributed by atoms with van der Waals surface area (Å²) in [7, 11) is 0. The molecule has 2 aromatic carbocycles. The molecule has 0 aliphatic heterocycles. The third kappa shape index (κ3) is 5.07. The molecule has 0 fully saturated rings. The van der Waals surface area contributed by atoms with Gasteiger partial charge in [0.2, 0.25) is 5.91 Å². The average molecular weight is 391 g/mol. The molecule has 2 amide bonds. The second kappa shape index (κ2) is 8.68. The van der Waals surface area contributed by atoms with Gasteiger partial charge in [-0.15, -0.1) is 5.10 Å². The minimum atomic E-state index is -0.345. The largest absolute Gasteiger partial charge is 0.350 e. The molecule has 150 valence electrons. The molecular weight excluding hydrogens is 366 g/mol. The van der Waals surface area contributed by atoms with Crippen molar-refractivity contribution in [2.45, 2.75) is 40.8 Å². The van der Waals surface area contributed by atoms with Crippen LogP contribution < -0.4 is 10.6 Å². The van der Waals surface area contributed by atoms with Gasteiger partial charge in [-0.1, -0.05) is 47.2 Å². The van der Waals surface area contributed by atoms with Crippen LogP contribution in [0.2, 0.25) is 0 Å². The first-order valence-electron chi connectivity index (χ1n) is 9.44. The third-order valence-electron chi connectivity index (χ3n) is 4.74. The second-order valence-corrected chi connectivity index (χ2v) is 7.22. The van der Waals surface area contributed by atoms with Crippen molar-refractivity contribution in [3.05, 3.63) is 76.1 Å². The smallest absolute Gasteiger partial charge is 0.278 e. The number of benzene rings is 2. The van der Waals surface area contributed by atoms with Crippen molar-refractivity contribution in [2.75, 3.05) is 5.32 Å². The Morgan fingerprint density at radius 3 is 2.38 bits per heavy atom. The van der Waals surface area contributed by atoms with E-state index in [1.165, 1.54) is 10.2 Å². The number of hydrogen-bond acceptors (Lipinski definition) is 4. The first-order chi connectivity index (χ1) is 13.8. The summed E-state index contributed by atoms with van der Waals surface area (Å²) < 4.78 is 1.43. The van der Waals surface area contributed by atoms with Crippen LogP contribution in [0.1, 0.15) is 38.4 Å². The Bertz CT molecular complexity index is 1040. The number of nitrogens with zero attached hydrogens (tertiary/aromatic N) is 3. The van der Waals surface area contributed by atoms with Crippen molar-refractivity contribution >= 4 is 17.5 Å². The Kier molecular flexibility index (Phi) is 6.07. The van der Waals surface area contributed by atoms with Gasteiger partial charge in [-0.3, -0.25) is 9.59 Å². The lowest BCUT2D eigenvalue weighted by atomic mass is 10.1. The Balaban J connectivity index is 1.62. The van der Waals surface area contributed by atoms with E-state index < -0.39 is 0 Å². The Labute approximate surface area is 170 Å². The fourth-order valence-electron chi connectivity index (χ4n) is 2.87. The van der Waals surface area contributed by atoms with Crippen LogP contribution in [0.4, 0.5) is 5.69 Å². The molecule has 0 saturated carbocycles. The van der Waals surface area contributed by atoms with Crippen molar-refractivity contribution in [2.24, 2.45) is 0 Å². The molecule has 3 rings (SSSR count). The number of rotatable bonds is 6. The van der Waals surface area contributed by atoms with Crippen LogP contribution in [0, 0.1) is 27.7 Å². The maximum Gasteiger partial charge on any atom is 0.278 e. The number of aryl methyl sites for hydroxylation is 3. The summed E-state index contributed by atoms with van der Waals surface area (Å²) in [6.07, 6.45) is 0.